The van der Waals surface area contributed by atoms with E-state index in [2.05, 4.69) is 11.8 Å². The molecule has 0 spiro atoms. The summed E-state index contributed by atoms with van der Waals surface area (Å²) in [5, 5.41) is 2.73. The van der Waals surface area contributed by atoms with E-state index < -0.39 is 0 Å². The van der Waals surface area contributed by atoms with Crippen LogP contribution in [0.4, 0.5) is 5.13 Å². The van der Waals surface area contributed by atoms with Crippen molar-refractivity contribution in [2.45, 2.75) is 13.3 Å². The molecule has 6 heteroatoms. The lowest BCUT2D eigenvalue weighted by Crippen LogP contribution is -2.33. The van der Waals surface area contributed by atoms with Crippen LogP contribution < -0.4 is 9.64 Å². The largest absolute Gasteiger partial charge is 0.494 e. The topological polar surface area (TPSA) is 45.7 Å². The summed E-state index contributed by atoms with van der Waals surface area (Å²) >= 11 is 1.55. The van der Waals surface area contributed by atoms with Crippen molar-refractivity contribution in [3.63, 3.8) is 0 Å². The van der Waals surface area contributed by atoms with E-state index in [9.17, 15) is 4.79 Å². The highest BCUT2D eigenvalue weighted by molar-refractivity contribution is 7.22. The van der Waals surface area contributed by atoms with Crippen LogP contribution in [0.3, 0.4) is 0 Å². The number of fused-ring (bicyclic) bond motifs is 2. The molecule has 3 aromatic carbocycles. The van der Waals surface area contributed by atoms with Gasteiger partial charge in [0.2, 0.25) is 0 Å². The van der Waals surface area contributed by atoms with Gasteiger partial charge in [-0.15, -0.1) is 0 Å². The van der Waals surface area contributed by atoms with E-state index in [4.69, 9.17) is 9.72 Å². The number of aryl methyl sites for hydroxylation is 1. The van der Waals surface area contributed by atoms with Crippen LogP contribution in [0.5, 0.6) is 5.75 Å². The highest BCUT2D eigenvalue weighted by Gasteiger charge is 2.24. The molecule has 31 heavy (non-hydrogen) atoms. The minimum Gasteiger partial charge on any atom is -0.494 e. The van der Waals surface area contributed by atoms with E-state index in [0.717, 1.165) is 45.3 Å². The molecule has 0 fully saturated rings. The molecule has 1 aromatic heterocycles. The predicted molar refractivity (Wildman–Crippen MR) is 130 cm³/mol. The SMILES string of the molecule is COc1ccc(C)c2sc(N(CCCN(C)C)C(=O)c3cccc4ccccc34)nc12. The fourth-order valence-corrected chi connectivity index (χ4v) is 4.84. The average Bonchev–Trinajstić information content (AvgIpc) is 3.22. The number of anilines is 1. The molecule has 0 aliphatic carbocycles. The number of ether oxygens (including phenoxy) is 1. The number of carbonyl (C=O) groups excluding carboxylic acids is 1. The van der Waals surface area contributed by atoms with Crippen LogP contribution in [0.25, 0.3) is 21.0 Å². The molecule has 0 aliphatic rings. The van der Waals surface area contributed by atoms with Crippen molar-refractivity contribution in [2.75, 3.05) is 39.2 Å². The van der Waals surface area contributed by atoms with Gasteiger partial charge in [0.05, 0.1) is 11.8 Å². The molecule has 0 bridgehead atoms. The van der Waals surface area contributed by atoms with E-state index in [1.54, 1.807) is 18.4 Å². The maximum absolute atomic E-state index is 13.8. The molecule has 0 aliphatic heterocycles. The third-order valence-corrected chi connectivity index (χ3v) is 6.61. The standard InChI is InChI=1S/C25H27N3O2S/c1-17-13-14-21(30-4)22-23(17)31-25(26-22)28(16-8-15-27(2)3)24(29)20-12-7-10-18-9-5-6-11-19(18)20/h5-7,9-14H,8,15-16H2,1-4H3. The first-order chi connectivity index (χ1) is 15.0. The van der Waals surface area contributed by atoms with E-state index in [1.165, 1.54) is 0 Å². The van der Waals surface area contributed by atoms with Crippen LogP contribution in [0, 0.1) is 6.92 Å². The van der Waals surface area contributed by atoms with Crippen molar-refractivity contribution in [2.24, 2.45) is 0 Å². The zero-order chi connectivity index (χ0) is 22.0. The number of aromatic nitrogens is 1. The van der Waals surface area contributed by atoms with Gasteiger partial charge in [0.15, 0.2) is 5.13 Å². The molecular formula is C25H27N3O2S. The molecule has 5 nitrogen and oxygen atoms in total. The minimum atomic E-state index is -0.0220. The third kappa shape index (κ3) is 4.27. The number of hydrogen-bond acceptors (Lipinski definition) is 5. The highest BCUT2D eigenvalue weighted by Crippen LogP contribution is 2.37. The molecule has 160 valence electrons. The van der Waals surface area contributed by atoms with Crippen molar-refractivity contribution < 1.29 is 9.53 Å². The summed E-state index contributed by atoms with van der Waals surface area (Å²) in [7, 11) is 5.74. The van der Waals surface area contributed by atoms with Gasteiger partial charge in [-0.2, -0.15) is 0 Å². The van der Waals surface area contributed by atoms with Gasteiger partial charge in [-0.25, -0.2) is 4.98 Å². The van der Waals surface area contributed by atoms with Crippen molar-refractivity contribution in [1.29, 1.82) is 0 Å². The number of hydrogen-bond donors (Lipinski definition) is 0. The van der Waals surface area contributed by atoms with Gasteiger partial charge >= 0.3 is 0 Å². The second kappa shape index (κ2) is 9.04. The molecule has 4 rings (SSSR count). The van der Waals surface area contributed by atoms with Gasteiger partial charge in [-0.1, -0.05) is 53.8 Å². The van der Waals surface area contributed by atoms with E-state index in [0.29, 0.717) is 17.2 Å². The summed E-state index contributed by atoms with van der Waals surface area (Å²) < 4.78 is 6.58. The first kappa shape index (κ1) is 21.3. The number of rotatable bonds is 7. The van der Waals surface area contributed by atoms with Gasteiger partial charge in [0, 0.05) is 12.1 Å². The Morgan fingerprint density at radius 2 is 1.81 bits per heavy atom. The lowest BCUT2D eigenvalue weighted by molar-refractivity contribution is 0.0987. The normalized spacial score (nSPS) is 11.4. The van der Waals surface area contributed by atoms with Crippen molar-refractivity contribution in [1.82, 2.24) is 9.88 Å². The van der Waals surface area contributed by atoms with E-state index in [1.807, 2.05) is 73.6 Å². The number of thiazole rings is 1. The maximum Gasteiger partial charge on any atom is 0.260 e. The fourth-order valence-electron chi connectivity index (χ4n) is 3.76. The number of amides is 1. The average molecular weight is 434 g/mol. The van der Waals surface area contributed by atoms with Gasteiger partial charge in [0.1, 0.15) is 11.3 Å². The Balaban J connectivity index is 1.80. The monoisotopic (exact) mass is 433 g/mol. The smallest absolute Gasteiger partial charge is 0.260 e. The Morgan fingerprint density at radius 1 is 1.03 bits per heavy atom. The number of benzene rings is 3. The number of carbonyl (C=O) groups is 1. The van der Waals surface area contributed by atoms with E-state index >= 15 is 0 Å². The van der Waals surface area contributed by atoms with Crippen molar-refractivity contribution in [3.05, 3.63) is 65.7 Å². The molecule has 0 unspecified atom stereocenters. The lowest BCUT2D eigenvalue weighted by Gasteiger charge is -2.22. The Bertz CT molecular complexity index is 1230. The van der Waals surface area contributed by atoms with Crippen LogP contribution in [0.1, 0.15) is 22.3 Å². The van der Waals surface area contributed by atoms with Gasteiger partial charge in [-0.3, -0.25) is 9.69 Å². The molecule has 0 saturated heterocycles. The van der Waals surface area contributed by atoms with E-state index in [-0.39, 0.29) is 5.91 Å². The molecule has 0 N–H and O–H groups in total. The van der Waals surface area contributed by atoms with Gasteiger partial charge in [-0.05, 0) is 62.5 Å². The summed E-state index contributed by atoms with van der Waals surface area (Å²) in [6.45, 7) is 3.56. The summed E-state index contributed by atoms with van der Waals surface area (Å²) in [6, 6.07) is 17.9. The van der Waals surface area contributed by atoms with Crippen LogP contribution in [0.2, 0.25) is 0 Å². The fraction of sp³-hybridized carbons (Fsp3) is 0.280. The molecule has 1 amide bonds. The van der Waals surface area contributed by atoms with Gasteiger partial charge < -0.3 is 9.64 Å². The first-order valence-corrected chi connectivity index (χ1v) is 11.2. The summed E-state index contributed by atoms with van der Waals surface area (Å²) in [6.07, 6.45) is 0.857. The predicted octanol–water partition coefficient (Wildman–Crippen LogP) is 5.37. The highest BCUT2D eigenvalue weighted by atomic mass is 32.1. The lowest BCUT2D eigenvalue weighted by atomic mass is 10.0. The summed E-state index contributed by atoms with van der Waals surface area (Å²) in [4.78, 5) is 22.6. The first-order valence-electron chi connectivity index (χ1n) is 10.4. The second-order valence-electron chi connectivity index (χ2n) is 7.90. The molecule has 0 saturated carbocycles. The third-order valence-electron chi connectivity index (χ3n) is 5.40. The zero-order valence-electron chi connectivity index (χ0n) is 18.4. The number of nitrogens with zero attached hydrogens (tertiary/aromatic N) is 3. The minimum absolute atomic E-state index is 0.0220. The molecular weight excluding hydrogens is 406 g/mol. The molecule has 4 aromatic rings. The number of methoxy groups -OCH3 is 1. The van der Waals surface area contributed by atoms with Crippen LogP contribution >= 0.6 is 11.3 Å². The zero-order valence-corrected chi connectivity index (χ0v) is 19.2. The Morgan fingerprint density at radius 3 is 2.58 bits per heavy atom. The molecule has 0 atom stereocenters. The molecule has 0 radical (unpaired) electrons. The molecule has 1 heterocycles. The Hall–Kier alpha value is -2.96. The van der Waals surface area contributed by atoms with Crippen molar-refractivity contribution in [3.8, 4) is 5.75 Å². The Labute approximate surface area is 186 Å². The second-order valence-corrected chi connectivity index (χ2v) is 8.88. The Kier molecular flexibility index (Phi) is 6.20. The summed E-state index contributed by atoms with van der Waals surface area (Å²) in [5.74, 6) is 0.709. The van der Waals surface area contributed by atoms with Crippen LogP contribution in [-0.2, 0) is 0 Å². The quantitative estimate of drug-likeness (QED) is 0.393. The van der Waals surface area contributed by atoms with Crippen LogP contribution in [0.15, 0.2) is 54.6 Å². The van der Waals surface area contributed by atoms with Gasteiger partial charge in [0.25, 0.3) is 5.91 Å². The van der Waals surface area contributed by atoms with Crippen molar-refractivity contribution >= 4 is 43.4 Å². The van der Waals surface area contributed by atoms with Crippen LogP contribution in [-0.4, -0.2) is 50.1 Å². The summed E-state index contributed by atoms with van der Waals surface area (Å²) in [5.41, 5.74) is 2.64. The maximum atomic E-state index is 13.8.